The number of hydrogen-bond acceptors (Lipinski definition) is 4. The van der Waals surface area contributed by atoms with E-state index in [0.717, 1.165) is 6.42 Å². The molecule has 0 spiro atoms. The van der Waals surface area contributed by atoms with Crippen molar-refractivity contribution in [2.24, 2.45) is 5.92 Å². The summed E-state index contributed by atoms with van der Waals surface area (Å²) in [6.07, 6.45) is 1.17. The number of ether oxygens (including phenoxy) is 1. The van der Waals surface area contributed by atoms with E-state index in [1.807, 2.05) is 6.92 Å². The van der Waals surface area contributed by atoms with Gasteiger partial charge in [-0.15, -0.1) is 0 Å². The third-order valence-electron chi connectivity index (χ3n) is 2.75. The number of carbonyl (C=O) groups excluding carboxylic acids is 1. The number of amides is 1. The predicted molar refractivity (Wildman–Crippen MR) is 54.8 cm³/mol. The SMILES string of the molecule is CCC1OCCC1C(=O)NC(CO)C(=O)O. The maximum Gasteiger partial charge on any atom is 0.328 e. The summed E-state index contributed by atoms with van der Waals surface area (Å²) >= 11 is 0. The number of aliphatic hydroxyl groups excluding tert-OH is 1. The largest absolute Gasteiger partial charge is 0.480 e. The predicted octanol–water partition coefficient (Wildman–Crippen LogP) is -0.637. The summed E-state index contributed by atoms with van der Waals surface area (Å²) in [6, 6.07) is -1.23. The number of carboxylic acids is 1. The van der Waals surface area contributed by atoms with Crippen molar-refractivity contribution in [1.82, 2.24) is 5.32 Å². The molecule has 0 bridgehead atoms. The molecule has 16 heavy (non-hydrogen) atoms. The highest BCUT2D eigenvalue weighted by molar-refractivity contribution is 5.85. The quantitative estimate of drug-likeness (QED) is 0.585. The Balaban J connectivity index is 2.54. The molecular weight excluding hydrogens is 214 g/mol. The van der Waals surface area contributed by atoms with E-state index < -0.39 is 18.6 Å². The van der Waals surface area contributed by atoms with E-state index in [4.69, 9.17) is 14.9 Å². The lowest BCUT2D eigenvalue weighted by Gasteiger charge is -2.18. The Morgan fingerprint density at radius 2 is 2.25 bits per heavy atom. The van der Waals surface area contributed by atoms with Crippen LogP contribution in [0.15, 0.2) is 0 Å². The Morgan fingerprint density at radius 1 is 1.56 bits per heavy atom. The lowest BCUT2D eigenvalue weighted by molar-refractivity contribution is -0.144. The maximum atomic E-state index is 11.7. The van der Waals surface area contributed by atoms with Crippen LogP contribution in [0.25, 0.3) is 0 Å². The van der Waals surface area contributed by atoms with Gasteiger partial charge in [-0.05, 0) is 12.8 Å². The van der Waals surface area contributed by atoms with Gasteiger partial charge in [-0.2, -0.15) is 0 Å². The molecule has 0 aromatic rings. The molecule has 1 aliphatic rings. The minimum Gasteiger partial charge on any atom is -0.480 e. The number of aliphatic hydroxyl groups is 1. The summed E-state index contributed by atoms with van der Waals surface area (Å²) in [5.74, 6) is -1.90. The highest BCUT2D eigenvalue weighted by Crippen LogP contribution is 2.23. The third kappa shape index (κ3) is 2.93. The zero-order valence-electron chi connectivity index (χ0n) is 9.18. The number of rotatable bonds is 5. The zero-order valence-corrected chi connectivity index (χ0v) is 9.18. The van der Waals surface area contributed by atoms with E-state index >= 15 is 0 Å². The van der Waals surface area contributed by atoms with E-state index in [2.05, 4.69) is 5.32 Å². The number of nitrogens with one attached hydrogen (secondary N) is 1. The summed E-state index contributed by atoms with van der Waals surface area (Å²) in [4.78, 5) is 22.3. The average molecular weight is 231 g/mol. The first-order valence-corrected chi connectivity index (χ1v) is 5.35. The highest BCUT2D eigenvalue weighted by atomic mass is 16.5. The third-order valence-corrected chi connectivity index (χ3v) is 2.75. The Kier molecular flexibility index (Phi) is 4.70. The van der Waals surface area contributed by atoms with Gasteiger partial charge in [-0.25, -0.2) is 4.79 Å². The van der Waals surface area contributed by atoms with Crippen LogP contribution >= 0.6 is 0 Å². The minimum absolute atomic E-state index is 0.145. The number of carbonyl (C=O) groups is 2. The van der Waals surface area contributed by atoms with Crippen LogP contribution in [-0.2, 0) is 14.3 Å². The van der Waals surface area contributed by atoms with Gasteiger partial charge >= 0.3 is 5.97 Å². The van der Waals surface area contributed by atoms with Crippen molar-refractivity contribution in [3.63, 3.8) is 0 Å². The molecule has 0 aliphatic carbocycles. The van der Waals surface area contributed by atoms with Crippen LogP contribution in [0.5, 0.6) is 0 Å². The van der Waals surface area contributed by atoms with Crippen LogP contribution in [-0.4, -0.2) is 47.4 Å². The Bertz CT molecular complexity index is 268. The van der Waals surface area contributed by atoms with Crippen LogP contribution in [0.2, 0.25) is 0 Å². The van der Waals surface area contributed by atoms with Gasteiger partial charge in [-0.3, -0.25) is 4.79 Å². The summed E-state index contributed by atoms with van der Waals surface area (Å²) in [5.41, 5.74) is 0. The fourth-order valence-electron chi connectivity index (χ4n) is 1.81. The fraction of sp³-hybridized carbons (Fsp3) is 0.800. The van der Waals surface area contributed by atoms with Crippen molar-refractivity contribution >= 4 is 11.9 Å². The number of carboxylic acid groups (broad SMARTS) is 1. The molecule has 1 fully saturated rings. The van der Waals surface area contributed by atoms with E-state index in [-0.39, 0.29) is 17.9 Å². The first-order valence-electron chi connectivity index (χ1n) is 5.35. The molecule has 6 nitrogen and oxygen atoms in total. The molecule has 0 aromatic heterocycles. The normalized spacial score (nSPS) is 26.4. The maximum absolute atomic E-state index is 11.7. The van der Waals surface area contributed by atoms with Crippen molar-refractivity contribution in [2.75, 3.05) is 13.2 Å². The van der Waals surface area contributed by atoms with Crippen molar-refractivity contribution in [3.8, 4) is 0 Å². The Labute approximate surface area is 93.6 Å². The summed E-state index contributed by atoms with van der Waals surface area (Å²) in [6.45, 7) is 1.83. The fourth-order valence-corrected chi connectivity index (χ4v) is 1.81. The van der Waals surface area contributed by atoms with Crippen molar-refractivity contribution in [1.29, 1.82) is 0 Å². The lowest BCUT2D eigenvalue weighted by Crippen LogP contribution is -2.47. The van der Waals surface area contributed by atoms with E-state index in [9.17, 15) is 9.59 Å². The summed E-state index contributed by atoms with van der Waals surface area (Å²) < 4.78 is 5.34. The molecule has 1 amide bonds. The smallest absolute Gasteiger partial charge is 0.328 e. The molecule has 0 aromatic carbocycles. The van der Waals surface area contributed by atoms with Crippen molar-refractivity contribution < 1.29 is 24.5 Å². The molecule has 3 unspecified atom stereocenters. The molecule has 1 aliphatic heterocycles. The first kappa shape index (κ1) is 12.9. The Morgan fingerprint density at radius 3 is 2.75 bits per heavy atom. The van der Waals surface area contributed by atoms with E-state index in [0.29, 0.717) is 13.0 Å². The number of hydrogen-bond donors (Lipinski definition) is 3. The molecule has 92 valence electrons. The minimum atomic E-state index is -1.23. The van der Waals surface area contributed by atoms with Gasteiger partial charge < -0.3 is 20.3 Å². The van der Waals surface area contributed by atoms with Crippen LogP contribution in [0, 0.1) is 5.92 Å². The van der Waals surface area contributed by atoms with Crippen LogP contribution in [0.4, 0.5) is 0 Å². The zero-order chi connectivity index (χ0) is 12.1. The molecule has 3 atom stereocenters. The number of aliphatic carboxylic acids is 1. The standard InChI is InChI=1S/C10H17NO5/c1-2-8-6(3-4-16-8)9(13)11-7(5-12)10(14)15/h6-8,12H,2-5H2,1H3,(H,11,13)(H,14,15). The van der Waals surface area contributed by atoms with Crippen molar-refractivity contribution in [3.05, 3.63) is 0 Å². The van der Waals surface area contributed by atoms with Crippen LogP contribution in [0.1, 0.15) is 19.8 Å². The topological polar surface area (TPSA) is 95.9 Å². The average Bonchev–Trinajstić information content (AvgIpc) is 2.72. The van der Waals surface area contributed by atoms with Gasteiger partial charge in [0.2, 0.25) is 5.91 Å². The molecule has 3 N–H and O–H groups in total. The van der Waals surface area contributed by atoms with Gasteiger partial charge in [0.05, 0.1) is 18.6 Å². The van der Waals surface area contributed by atoms with Gasteiger partial charge in [-0.1, -0.05) is 6.92 Å². The van der Waals surface area contributed by atoms with E-state index in [1.165, 1.54) is 0 Å². The van der Waals surface area contributed by atoms with Crippen LogP contribution < -0.4 is 5.32 Å². The van der Waals surface area contributed by atoms with Gasteiger partial charge in [0.15, 0.2) is 0 Å². The summed E-state index contributed by atoms with van der Waals surface area (Å²) in [7, 11) is 0. The van der Waals surface area contributed by atoms with Crippen molar-refractivity contribution in [2.45, 2.75) is 31.9 Å². The Hall–Kier alpha value is -1.14. The monoisotopic (exact) mass is 231 g/mol. The van der Waals surface area contributed by atoms with Gasteiger partial charge in [0.25, 0.3) is 0 Å². The van der Waals surface area contributed by atoms with Gasteiger partial charge in [0.1, 0.15) is 6.04 Å². The molecule has 1 heterocycles. The van der Waals surface area contributed by atoms with E-state index in [1.54, 1.807) is 0 Å². The second kappa shape index (κ2) is 5.81. The first-order chi connectivity index (χ1) is 7.60. The van der Waals surface area contributed by atoms with Crippen LogP contribution in [0.3, 0.4) is 0 Å². The molecule has 0 radical (unpaired) electrons. The molecule has 1 rings (SSSR count). The molecule has 1 saturated heterocycles. The lowest BCUT2D eigenvalue weighted by atomic mass is 9.98. The summed E-state index contributed by atoms with van der Waals surface area (Å²) in [5, 5.41) is 19.8. The second-order valence-corrected chi connectivity index (χ2v) is 3.79. The highest BCUT2D eigenvalue weighted by Gasteiger charge is 2.34. The second-order valence-electron chi connectivity index (χ2n) is 3.79. The molecule has 6 heteroatoms. The van der Waals surface area contributed by atoms with Gasteiger partial charge in [0, 0.05) is 6.61 Å². The molecular formula is C10H17NO5. The molecule has 0 saturated carbocycles.